The molecule has 1 atom stereocenters. The largest absolute Gasteiger partial charge is 0.369 e. The van der Waals surface area contributed by atoms with Gasteiger partial charge in [0.15, 0.2) is 6.23 Å². The van der Waals surface area contributed by atoms with Crippen LogP contribution in [0.3, 0.4) is 0 Å². The molecule has 0 aliphatic heterocycles. The first-order chi connectivity index (χ1) is 14.0. The maximum Gasteiger partial charge on any atom is 0.265 e. The van der Waals surface area contributed by atoms with Gasteiger partial charge in [-0.15, -0.1) is 0 Å². The van der Waals surface area contributed by atoms with Crippen molar-refractivity contribution in [3.05, 3.63) is 75.5 Å². The van der Waals surface area contributed by atoms with Gasteiger partial charge in [0, 0.05) is 23.7 Å². The Morgan fingerprint density at radius 3 is 2.48 bits per heavy atom. The molecule has 3 aromatic rings. The van der Waals surface area contributed by atoms with E-state index in [1.165, 1.54) is 4.57 Å². The molecule has 1 aromatic heterocycles. The Morgan fingerprint density at radius 2 is 1.79 bits per heavy atom. The van der Waals surface area contributed by atoms with E-state index in [0.717, 1.165) is 31.1 Å². The molecular formula is C23H23ClN2O3. The number of para-hydroxylation sites is 1. The number of fused-ring (bicyclic) bond motifs is 1. The van der Waals surface area contributed by atoms with Crippen LogP contribution in [-0.2, 0) is 0 Å². The third-order valence-electron chi connectivity index (χ3n) is 5.74. The van der Waals surface area contributed by atoms with Crippen LogP contribution in [0.5, 0.6) is 0 Å². The lowest BCUT2D eigenvalue weighted by molar-refractivity contribution is 0.0836. The van der Waals surface area contributed by atoms with E-state index in [2.05, 4.69) is 0 Å². The lowest BCUT2D eigenvalue weighted by atomic mass is 10.1. The molecule has 0 bridgehead atoms. The number of aromatic nitrogens is 1. The number of anilines is 1. The fourth-order valence-corrected chi connectivity index (χ4v) is 4.19. The van der Waals surface area contributed by atoms with Crippen LogP contribution < -0.4 is 10.5 Å². The van der Waals surface area contributed by atoms with Gasteiger partial charge in [0.2, 0.25) is 5.91 Å². The Labute approximate surface area is 174 Å². The lowest BCUT2D eigenvalue weighted by Crippen LogP contribution is -2.37. The molecule has 1 fully saturated rings. The van der Waals surface area contributed by atoms with Gasteiger partial charge in [-0.1, -0.05) is 42.6 Å². The Kier molecular flexibility index (Phi) is 5.43. The predicted octanol–water partition coefficient (Wildman–Crippen LogP) is 4.61. The molecule has 0 radical (unpaired) electrons. The normalized spacial score (nSPS) is 15.6. The van der Waals surface area contributed by atoms with Crippen LogP contribution in [0.1, 0.15) is 42.3 Å². The van der Waals surface area contributed by atoms with Crippen molar-refractivity contribution in [3.8, 4) is 0 Å². The Bertz CT molecular complexity index is 1100. The second-order valence-electron chi connectivity index (χ2n) is 7.58. The topological polar surface area (TPSA) is 62.5 Å². The van der Waals surface area contributed by atoms with E-state index in [0.29, 0.717) is 16.2 Å². The van der Waals surface area contributed by atoms with Gasteiger partial charge in [-0.2, -0.15) is 0 Å². The highest BCUT2D eigenvalue weighted by Gasteiger charge is 2.28. The molecule has 0 amide bonds. The zero-order valence-electron chi connectivity index (χ0n) is 16.2. The minimum atomic E-state index is -1.20. The number of halogens is 1. The van der Waals surface area contributed by atoms with Crippen molar-refractivity contribution < 1.29 is 9.90 Å². The molecule has 0 saturated heterocycles. The highest BCUT2D eigenvalue weighted by Crippen LogP contribution is 2.29. The summed E-state index contributed by atoms with van der Waals surface area (Å²) < 4.78 is 1.26. The van der Waals surface area contributed by atoms with E-state index in [-0.39, 0.29) is 17.4 Å². The Morgan fingerprint density at radius 1 is 1.14 bits per heavy atom. The maximum atomic E-state index is 13.3. The van der Waals surface area contributed by atoms with E-state index < -0.39 is 11.8 Å². The van der Waals surface area contributed by atoms with Crippen molar-refractivity contribution >= 4 is 34.1 Å². The van der Waals surface area contributed by atoms with E-state index >= 15 is 0 Å². The summed E-state index contributed by atoms with van der Waals surface area (Å²) in [5, 5.41) is 12.3. The van der Waals surface area contributed by atoms with Crippen molar-refractivity contribution in [2.45, 2.75) is 31.9 Å². The minimum absolute atomic E-state index is 0.141. The third-order valence-corrected chi connectivity index (χ3v) is 5.99. The Hall–Kier alpha value is -2.63. The lowest BCUT2D eigenvalue weighted by Gasteiger charge is -2.26. The molecule has 1 saturated carbocycles. The van der Waals surface area contributed by atoms with Crippen LogP contribution in [0.2, 0.25) is 5.02 Å². The number of aliphatic hydroxyl groups is 1. The molecule has 4 rings (SSSR count). The first-order valence-electron chi connectivity index (χ1n) is 9.83. The first-order valence-corrected chi connectivity index (χ1v) is 10.2. The van der Waals surface area contributed by atoms with Gasteiger partial charge in [-0.05, 0) is 54.6 Å². The van der Waals surface area contributed by atoms with Gasteiger partial charge < -0.3 is 10.0 Å². The third kappa shape index (κ3) is 3.68. The maximum absolute atomic E-state index is 13.3. The van der Waals surface area contributed by atoms with Gasteiger partial charge in [0.1, 0.15) is 0 Å². The smallest absolute Gasteiger partial charge is 0.265 e. The summed E-state index contributed by atoms with van der Waals surface area (Å²) in [5.41, 5.74) is 1.00. The molecule has 5 nitrogen and oxygen atoms in total. The van der Waals surface area contributed by atoms with Crippen LogP contribution in [0.25, 0.3) is 10.9 Å². The van der Waals surface area contributed by atoms with Gasteiger partial charge in [0.05, 0.1) is 11.1 Å². The number of aliphatic hydroxyl groups excluding tert-OH is 1. The summed E-state index contributed by atoms with van der Waals surface area (Å²) >= 11 is 5.95. The number of benzene rings is 2. The highest BCUT2D eigenvalue weighted by atomic mass is 35.5. The van der Waals surface area contributed by atoms with Gasteiger partial charge in [-0.3, -0.25) is 9.59 Å². The standard InChI is InChI=1S/C23H23ClN2O3/c1-25(18-12-10-17(24)11-13-18)22(28)19-14-16-8-4-5-9-20(16)26(23(19)29)21(27)15-6-2-3-7-15/h4-5,8-15,22,28H,2-3,6-7H2,1H3. The molecule has 1 heterocycles. The van der Waals surface area contributed by atoms with Gasteiger partial charge in [-0.25, -0.2) is 4.57 Å². The van der Waals surface area contributed by atoms with E-state index in [1.807, 2.05) is 18.2 Å². The van der Waals surface area contributed by atoms with Gasteiger partial charge >= 0.3 is 0 Å². The van der Waals surface area contributed by atoms with Crippen LogP contribution >= 0.6 is 11.6 Å². The molecule has 1 aliphatic rings. The van der Waals surface area contributed by atoms with E-state index in [1.54, 1.807) is 48.3 Å². The Balaban J connectivity index is 1.82. The molecule has 1 aliphatic carbocycles. The monoisotopic (exact) mass is 410 g/mol. The molecule has 1 N–H and O–H groups in total. The molecule has 2 aromatic carbocycles. The summed E-state index contributed by atoms with van der Waals surface area (Å²) in [6.07, 6.45) is 2.42. The molecular weight excluding hydrogens is 388 g/mol. The van der Waals surface area contributed by atoms with E-state index in [9.17, 15) is 14.7 Å². The minimum Gasteiger partial charge on any atom is -0.369 e. The number of nitrogens with zero attached hydrogens (tertiary/aromatic N) is 2. The van der Waals surface area contributed by atoms with Gasteiger partial charge in [0.25, 0.3) is 5.56 Å². The average Bonchev–Trinajstić information content (AvgIpc) is 3.27. The fourth-order valence-electron chi connectivity index (χ4n) is 4.07. The van der Waals surface area contributed by atoms with Crippen LogP contribution in [0, 0.1) is 5.92 Å². The molecule has 29 heavy (non-hydrogen) atoms. The number of hydrogen-bond acceptors (Lipinski definition) is 4. The number of hydrogen-bond donors (Lipinski definition) is 1. The predicted molar refractivity (Wildman–Crippen MR) is 116 cm³/mol. The van der Waals surface area contributed by atoms with Crippen LogP contribution in [-0.4, -0.2) is 22.6 Å². The zero-order valence-corrected chi connectivity index (χ0v) is 17.0. The van der Waals surface area contributed by atoms with Crippen LogP contribution in [0.15, 0.2) is 59.4 Å². The van der Waals surface area contributed by atoms with Crippen molar-refractivity contribution in [3.63, 3.8) is 0 Å². The SMILES string of the molecule is CN(c1ccc(Cl)cc1)C(O)c1cc2ccccc2n(C(=O)C2CCCC2)c1=O. The second-order valence-corrected chi connectivity index (χ2v) is 8.02. The summed E-state index contributed by atoms with van der Waals surface area (Å²) in [5.74, 6) is -0.315. The van der Waals surface area contributed by atoms with E-state index in [4.69, 9.17) is 11.6 Å². The molecule has 150 valence electrons. The second kappa shape index (κ2) is 8.01. The summed E-state index contributed by atoms with van der Waals surface area (Å²) in [6, 6.07) is 16.0. The first kappa shape index (κ1) is 19.7. The van der Waals surface area contributed by atoms with Crippen LogP contribution in [0.4, 0.5) is 5.69 Å². The molecule has 6 heteroatoms. The molecule has 1 unspecified atom stereocenters. The fraction of sp³-hybridized carbons (Fsp3) is 0.304. The summed E-state index contributed by atoms with van der Waals surface area (Å²) in [7, 11) is 1.70. The van der Waals surface area contributed by atoms with Crippen molar-refractivity contribution in [1.82, 2.24) is 4.57 Å². The highest BCUT2D eigenvalue weighted by molar-refractivity contribution is 6.30. The summed E-state index contributed by atoms with van der Waals surface area (Å²) in [6.45, 7) is 0. The van der Waals surface area contributed by atoms with Crippen molar-refractivity contribution in [1.29, 1.82) is 0 Å². The number of carbonyl (C=O) groups is 1. The quantitative estimate of drug-likeness (QED) is 0.638. The number of pyridine rings is 1. The molecule has 0 spiro atoms. The van der Waals surface area contributed by atoms with Crippen molar-refractivity contribution in [2.75, 3.05) is 11.9 Å². The number of rotatable bonds is 4. The van der Waals surface area contributed by atoms with Crippen molar-refractivity contribution in [2.24, 2.45) is 5.92 Å². The summed E-state index contributed by atoms with van der Waals surface area (Å²) in [4.78, 5) is 28.1. The average molecular weight is 411 g/mol. The zero-order chi connectivity index (χ0) is 20.5. The number of carbonyl (C=O) groups excluding carboxylic acids is 1.